The Morgan fingerprint density at radius 1 is 1.05 bits per heavy atom. The first-order chi connectivity index (χ1) is 9.55. The van der Waals surface area contributed by atoms with Gasteiger partial charge in [0.2, 0.25) is 10.0 Å². The molecule has 1 aliphatic heterocycles. The molecule has 2 fully saturated rings. The SMILES string of the molecule is CS(=O)(=O)N1CCN(CCNCC2CCCCC2)CC1. The molecule has 1 heterocycles. The third kappa shape index (κ3) is 5.31. The van der Waals surface area contributed by atoms with Crippen molar-refractivity contribution < 1.29 is 8.42 Å². The summed E-state index contributed by atoms with van der Waals surface area (Å²) in [5.74, 6) is 0.880. The number of rotatable bonds is 6. The number of sulfonamides is 1. The normalized spacial score (nSPS) is 24.1. The number of nitrogens with zero attached hydrogens (tertiary/aromatic N) is 2. The molecule has 0 amide bonds. The van der Waals surface area contributed by atoms with Crippen molar-refractivity contribution in [2.24, 2.45) is 5.92 Å². The second-order valence-corrected chi connectivity index (χ2v) is 8.19. The van der Waals surface area contributed by atoms with Crippen LogP contribution < -0.4 is 5.32 Å². The molecule has 2 rings (SSSR count). The molecule has 20 heavy (non-hydrogen) atoms. The average Bonchev–Trinajstić information content (AvgIpc) is 2.44. The first-order valence-electron chi connectivity index (χ1n) is 7.94. The summed E-state index contributed by atoms with van der Waals surface area (Å²) in [5.41, 5.74) is 0. The van der Waals surface area contributed by atoms with Gasteiger partial charge >= 0.3 is 0 Å². The van der Waals surface area contributed by atoms with E-state index in [-0.39, 0.29) is 0 Å². The lowest BCUT2D eigenvalue weighted by atomic mass is 9.89. The van der Waals surface area contributed by atoms with Crippen LogP contribution in [0.3, 0.4) is 0 Å². The second kappa shape index (κ2) is 7.73. The fraction of sp³-hybridized carbons (Fsp3) is 1.00. The van der Waals surface area contributed by atoms with Crippen LogP contribution in [0.2, 0.25) is 0 Å². The van der Waals surface area contributed by atoms with Gasteiger partial charge in [0.25, 0.3) is 0 Å². The Bertz CT molecular complexity index is 372. The zero-order chi connectivity index (χ0) is 14.4. The molecule has 0 bridgehead atoms. The lowest BCUT2D eigenvalue weighted by molar-refractivity contribution is 0.188. The van der Waals surface area contributed by atoms with E-state index in [4.69, 9.17) is 0 Å². The Balaban J connectivity index is 1.55. The Labute approximate surface area is 123 Å². The van der Waals surface area contributed by atoms with Gasteiger partial charge in [-0.3, -0.25) is 4.90 Å². The van der Waals surface area contributed by atoms with Crippen molar-refractivity contribution in [3.05, 3.63) is 0 Å². The Kier molecular flexibility index (Phi) is 6.26. The summed E-state index contributed by atoms with van der Waals surface area (Å²) < 4.78 is 24.4. The number of hydrogen-bond acceptors (Lipinski definition) is 4. The van der Waals surface area contributed by atoms with Gasteiger partial charge in [-0.25, -0.2) is 8.42 Å². The van der Waals surface area contributed by atoms with E-state index in [2.05, 4.69) is 10.2 Å². The maximum Gasteiger partial charge on any atom is 0.211 e. The fourth-order valence-electron chi connectivity index (χ4n) is 3.22. The summed E-state index contributed by atoms with van der Waals surface area (Å²) in [5, 5.41) is 3.57. The number of hydrogen-bond donors (Lipinski definition) is 1. The lowest BCUT2D eigenvalue weighted by Gasteiger charge is -2.33. The van der Waals surface area contributed by atoms with Crippen LogP contribution in [0.5, 0.6) is 0 Å². The maximum absolute atomic E-state index is 11.4. The largest absolute Gasteiger partial charge is 0.315 e. The minimum atomic E-state index is -3.00. The molecule has 1 aliphatic carbocycles. The van der Waals surface area contributed by atoms with Gasteiger partial charge in [-0.1, -0.05) is 19.3 Å². The zero-order valence-corrected chi connectivity index (χ0v) is 13.5. The average molecular weight is 303 g/mol. The first-order valence-corrected chi connectivity index (χ1v) is 9.79. The predicted molar refractivity (Wildman–Crippen MR) is 82.3 cm³/mol. The number of piperazine rings is 1. The summed E-state index contributed by atoms with van der Waals surface area (Å²) in [6, 6.07) is 0. The van der Waals surface area contributed by atoms with Gasteiger partial charge in [0.05, 0.1) is 6.26 Å². The topological polar surface area (TPSA) is 52.7 Å². The maximum atomic E-state index is 11.4. The molecule has 0 aromatic heterocycles. The van der Waals surface area contributed by atoms with E-state index >= 15 is 0 Å². The van der Waals surface area contributed by atoms with Crippen LogP contribution in [0.4, 0.5) is 0 Å². The highest BCUT2D eigenvalue weighted by molar-refractivity contribution is 7.88. The van der Waals surface area contributed by atoms with Crippen molar-refractivity contribution in [1.29, 1.82) is 0 Å². The van der Waals surface area contributed by atoms with Gasteiger partial charge < -0.3 is 5.32 Å². The Morgan fingerprint density at radius 3 is 2.30 bits per heavy atom. The van der Waals surface area contributed by atoms with Gasteiger partial charge in [-0.15, -0.1) is 0 Å². The molecule has 1 saturated carbocycles. The molecule has 1 saturated heterocycles. The van der Waals surface area contributed by atoms with Crippen LogP contribution in [0.15, 0.2) is 0 Å². The van der Waals surface area contributed by atoms with Crippen molar-refractivity contribution in [3.8, 4) is 0 Å². The monoisotopic (exact) mass is 303 g/mol. The van der Waals surface area contributed by atoms with Crippen molar-refractivity contribution in [1.82, 2.24) is 14.5 Å². The Hall–Kier alpha value is -0.170. The molecule has 6 heteroatoms. The summed E-state index contributed by atoms with van der Waals surface area (Å²) in [6.07, 6.45) is 8.30. The third-order valence-electron chi connectivity index (χ3n) is 4.56. The van der Waals surface area contributed by atoms with E-state index in [0.717, 1.165) is 38.6 Å². The molecule has 0 radical (unpaired) electrons. The zero-order valence-electron chi connectivity index (χ0n) is 12.7. The molecule has 2 aliphatic rings. The second-order valence-electron chi connectivity index (χ2n) is 6.21. The summed E-state index contributed by atoms with van der Waals surface area (Å²) in [4.78, 5) is 2.36. The molecule has 0 aromatic carbocycles. The quantitative estimate of drug-likeness (QED) is 0.735. The van der Waals surface area contributed by atoms with Gasteiger partial charge in [-0.05, 0) is 25.3 Å². The smallest absolute Gasteiger partial charge is 0.211 e. The Morgan fingerprint density at radius 2 is 1.70 bits per heavy atom. The minimum absolute atomic E-state index is 0.640. The highest BCUT2D eigenvalue weighted by Crippen LogP contribution is 2.22. The van der Waals surface area contributed by atoms with E-state index in [1.165, 1.54) is 38.4 Å². The van der Waals surface area contributed by atoms with E-state index in [0.29, 0.717) is 13.1 Å². The fourth-order valence-corrected chi connectivity index (χ4v) is 4.05. The van der Waals surface area contributed by atoms with Crippen LogP contribution in [0.1, 0.15) is 32.1 Å². The molecular formula is C14H29N3O2S. The third-order valence-corrected chi connectivity index (χ3v) is 5.87. The van der Waals surface area contributed by atoms with Crippen molar-refractivity contribution in [3.63, 3.8) is 0 Å². The van der Waals surface area contributed by atoms with Crippen LogP contribution in [-0.4, -0.2) is 69.7 Å². The first kappa shape index (κ1) is 16.2. The summed E-state index contributed by atoms with van der Waals surface area (Å²) >= 11 is 0. The molecule has 1 N–H and O–H groups in total. The number of nitrogens with one attached hydrogen (secondary N) is 1. The molecule has 0 spiro atoms. The van der Waals surface area contributed by atoms with E-state index in [1.807, 2.05) is 0 Å². The molecular weight excluding hydrogens is 274 g/mol. The lowest BCUT2D eigenvalue weighted by Crippen LogP contribution is -2.49. The molecule has 5 nitrogen and oxygen atoms in total. The van der Waals surface area contributed by atoms with Crippen molar-refractivity contribution >= 4 is 10.0 Å². The molecule has 0 unspecified atom stereocenters. The molecule has 0 aromatic rings. The van der Waals surface area contributed by atoms with Crippen LogP contribution >= 0.6 is 0 Å². The minimum Gasteiger partial charge on any atom is -0.315 e. The van der Waals surface area contributed by atoms with Gasteiger partial charge in [0.15, 0.2) is 0 Å². The highest BCUT2D eigenvalue weighted by Gasteiger charge is 2.22. The van der Waals surface area contributed by atoms with Crippen LogP contribution in [-0.2, 0) is 10.0 Å². The van der Waals surface area contributed by atoms with Gasteiger partial charge in [-0.2, -0.15) is 4.31 Å². The van der Waals surface area contributed by atoms with E-state index in [9.17, 15) is 8.42 Å². The standard InChI is InChI=1S/C14H29N3O2S/c1-20(18,19)17-11-9-16(10-12-17)8-7-15-13-14-5-3-2-4-6-14/h14-15H,2-13H2,1H3. The van der Waals surface area contributed by atoms with Gasteiger partial charge in [0, 0.05) is 39.3 Å². The molecule has 118 valence electrons. The predicted octanol–water partition coefficient (Wildman–Crippen LogP) is 0.734. The van der Waals surface area contributed by atoms with Crippen LogP contribution in [0.25, 0.3) is 0 Å². The highest BCUT2D eigenvalue weighted by atomic mass is 32.2. The van der Waals surface area contributed by atoms with Gasteiger partial charge in [0.1, 0.15) is 0 Å². The van der Waals surface area contributed by atoms with Crippen molar-refractivity contribution in [2.75, 3.05) is 52.1 Å². The molecule has 0 atom stereocenters. The van der Waals surface area contributed by atoms with E-state index < -0.39 is 10.0 Å². The summed E-state index contributed by atoms with van der Waals surface area (Å²) in [7, 11) is -3.00. The van der Waals surface area contributed by atoms with Crippen molar-refractivity contribution in [2.45, 2.75) is 32.1 Å². The summed E-state index contributed by atoms with van der Waals surface area (Å²) in [6.45, 7) is 6.21. The van der Waals surface area contributed by atoms with E-state index in [1.54, 1.807) is 4.31 Å². The van der Waals surface area contributed by atoms with Crippen LogP contribution in [0, 0.1) is 5.92 Å².